The largest absolute Gasteiger partial charge is 0.481 e. The summed E-state index contributed by atoms with van der Waals surface area (Å²) in [5.41, 5.74) is 0. The molecule has 4 atom stereocenters. The van der Waals surface area contributed by atoms with Gasteiger partial charge in [-0.1, -0.05) is 13.3 Å². The molecule has 0 radical (unpaired) electrons. The van der Waals surface area contributed by atoms with Crippen molar-refractivity contribution in [2.75, 3.05) is 13.1 Å². The second kappa shape index (κ2) is 5.26. The Bertz CT molecular complexity index is 344. The fourth-order valence-electron chi connectivity index (χ4n) is 3.03. The topological polar surface area (TPSA) is 77.8 Å². The Morgan fingerprint density at radius 1 is 1.17 bits per heavy atom. The molecule has 1 aliphatic heterocycles. The predicted octanol–water partition coefficient (Wildman–Crippen LogP) is 0.717. The predicted molar refractivity (Wildman–Crippen MR) is 64.8 cm³/mol. The molecule has 1 amide bonds. The van der Waals surface area contributed by atoms with Crippen LogP contribution in [0.2, 0.25) is 0 Å². The van der Waals surface area contributed by atoms with Crippen LogP contribution in [0.4, 0.5) is 0 Å². The lowest BCUT2D eigenvalue weighted by Gasteiger charge is -2.36. The number of carboxylic acid groups (broad SMARTS) is 1. The maximum absolute atomic E-state index is 12.3. The van der Waals surface area contributed by atoms with Crippen molar-refractivity contribution in [3.8, 4) is 0 Å². The van der Waals surface area contributed by atoms with E-state index in [1.807, 2.05) is 6.92 Å². The summed E-state index contributed by atoms with van der Waals surface area (Å²) in [5, 5.41) is 18.9. The number of hydrogen-bond acceptors (Lipinski definition) is 3. The lowest BCUT2D eigenvalue weighted by molar-refractivity contribution is -0.150. The van der Waals surface area contributed by atoms with Crippen molar-refractivity contribution in [3.05, 3.63) is 0 Å². The number of carbonyl (C=O) groups is 2. The van der Waals surface area contributed by atoms with Gasteiger partial charge in [0.25, 0.3) is 0 Å². The zero-order valence-corrected chi connectivity index (χ0v) is 10.7. The van der Waals surface area contributed by atoms with Crippen molar-refractivity contribution in [2.45, 2.75) is 38.7 Å². The Kier molecular flexibility index (Phi) is 3.90. The molecule has 1 saturated carbocycles. The van der Waals surface area contributed by atoms with Crippen LogP contribution in [0.15, 0.2) is 0 Å². The first-order valence-electron chi connectivity index (χ1n) is 6.70. The molecule has 1 heterocycles. The Morgan fingerprint density at radius 3 is 2.44 bits per heavy atom. The number of β-amino-alcohol motifs (C(OH)–C–C–N with tert-alkyl or cyclic N) is 1. The Balaban J connectivity index is 2.01. The molecule has 0 bridgehead atoms. The molecule has 2 N–H and O–H groups in total. The average Bonchev–Trinajstić information content (AvgIpc) is 2.81. The van der Waals surface area contributed by atoms with Crippen molar-refractivity contribution >= 4 is 11.9 Å². The first-order valence-corrected chi connectivity index (χ1v) is 6.70. The van der Waals surface area contributed by atoms with Crippen molar-refractivity contribution in [1.82, 2.24) is 4.90 Å². The van der Waals surface area contributed by atoms with Crippen LogP contribution >= 0.6 is 0 Å². The van der Waals surface area contributed by atoms with Crippen LogP contribution in [-0.4, -0.2) is 46.2 Å². The summed E-state index contributed by atoms with van der Waals surface area (Å²) in [6.07, 6.45) is 2.38. The molecule has 2 aliphatic rings. The van der Waals surface area contributed by atoms with Gasteiger partial charge in [-0.05, 0) is 25.2 Å². The van der Waals surface area contributed by atoms with Gasteiger partial charge in [-0.3, -0.25) is 9.59 Å². The second-order valence-corrected chi connectivity index (χ2v) is 5.60. The van der Waals surface area contributed by atoms with E-state index < -0.39 is 18.0 Å². The number of aliphatic hydroxyl groups excluding tert-OH is 1. The number of aliphatic carboxylic acids is 1. The van der Waals surface area contributed by atoms with Gasteiger partial charge in [0.15, 0.2) is 0 Å². The molecule has 18 heavy (non-hydrogen) atoms. The monoisotopic (exact) mass is 255 g/mol. The van der Waals surface area contributed by atoms with E-state index in [0.29, 0.717) is 25.9 Å². The molecule has 1 aliphatic carbocycles. The maximum Gasteiger partial charge on any atom is 0.307 e. The first kappa shape index (κ1) is 13.3. The van der Waals surface area contributed by atoms with Crippen LogP contribution in [0.25, 0.3) is 0 Å². The highest BCUT2D eigenvalue weighted by atomic mass is 16.4. The molecule has 2 rings (SSSR count). The van der Waals surface area contributed by atoms with E-state index in [9.17, 15) is 14.7 Å². The highest BCUT2D eigenvalue weighted by Gasteiger charge is 2.41. The summed E-state index contributed by atoms with van der Waals surface area (Å²) >= 11 is 0. The van der Waals surface area contributed by atoms with Gasteiger partial charge in [-0.2, -0.15) is 0 Å². The molecule has 0 aromatic carbocycles. The van der Waals surface area contributed by atoms with Gasteiger partial charge in [0.05, 0.1) is 17.9 Å². The number of carboxylic acids is 1. The van der Waals surface area contributed by atoms with Gasteiger partial charge in [0.1, 0.15) is 0 Å². The van der Waals surface area contributed by atoms with E-state index >= 15 is 0 Å². The molecule has 0 spiro atoms. The Hall–Kier alpha value is -1.10. The normalized spacial score (nSPS) is 36.7. The molecular formula is C13H21NO4. The molecule has 0 aromatic rings. The number of likely N-dealkylation sites (tertiary alicyclic amines) is 1. The van der Waals surface area contributed by atoms with Crippen LogP contribution in [0.5, 0.6) is 0 Å². The summed E-state index contributed by atoms with van der Waals surface area (Å²) in [6, 6.07) is 0. The van der Waals surface area contributed by atoms with Crippen LogP contribution in [-0.2, 0) is 9.59 Å². The summed E-state index contributed by atoms with van der Waals surface area (Å²) in [4.78, 5) is 25.1. The molecular weight excluding hydrogens is 234 g/mol. The van der Waals surface area contributed by atoms with E-state index in [0.717, 1.165) is 12.8 Å². The zero-order valence-electron chi connectivity index (χ0n) is 10.7. The Morgan fingerprint density at radius 2 is 1.83 bits per heavy atom. The fourth-order valence-corrected chi connectivity index (χ4v) is 3.03. The third-order valence-corrected chi connectivity index (χ3v) is 4.38. The summed E-state index contributed by atoms with van der Waals surface area (Å²) in [7, 11) is 0. The summed E-state index contributed by atoms with van der Waals surface area (Å²) < 4.78 is 0. The average molecular weight is 255 g/mol. The van der Waals surface area contributed by atoms with E-state index in [1.165, 1.54) is 0 Å². The van der Waals surface area contributed by atoms with Crippen molar-refractivity contribution in [1.29, 1.82) is 0 Å². The standard InChI is InChI=1S/C13H21NO4/c1-8-5-6-14(7-11(8)15)12(16)9-3-2-4-10(9)13(17)18/h8-11,15H,2-7H2,1H3,(H,17,18)/t8?,9-,10+,11?/m1/s1. The lowest BCUT2D eigenvalue weighted by atomic mass is 9.91. The van der Waals surface area contributed by atoms with E-state index in [1.54, 1.807) is 4.90 Å². The second-order valence-electron chi connectivity index (χ2n) is 5.60. The third kappa shape index (κ3) is 2.51. The highest BCUT2D eigenvalue weighted by molar-refractivity contribution is 5.85. The highest BCUT2D eigenvalue weighted by Crippen LogP contribution is 2.34. The lowest BCUT2D eigenvalue weighted by Crippen LogP contribution is -2.48. The van der Waals surface area contributed by atoms with Crippen LogP contribution < -0.4 is 0 Å². The van der Waals surface area contributed by atoms with Gasteiger partial charge >= 0.3 is 5.97 Å². The van der Waals surface area contributed by atoms with E-state index in [2.05, 4.69) is 0 Å². The number of hydrogen-bond donors (Lipinski definition) is 2. The maximum atomic E-state index is 12.3. The molecule has 102 valence electrons. The minimum atomic E-state index is -0.864. The van der Waals surface area contributed by atoms with Crippen LogP contribution in [0, 0.1) is 17.8 Å². The summed E-state index contributed by atoms with van der Waals surface area (Å²) in [6.45, 7) is 2.96. The molecule has 2 unspecified atom stereocenters. The van der Waals surface area contributed by atoms with Crippen molar-refractivity contribution < 1.29 is 19.8 Å². The van der Waals surface area contributed by atoms with Crippen molar-refractivity contribution in [3.63, 3.8) is 0 Å². The van der Waals surface area contributed by atoms with Gasteiger partial charge in [-0.15, -0.1) is 0 Å². The van der Waals surface area contributed by atoms with E-state index in [4.69, 9.17) is 5.11 Å². The number of piperidine rings is 1. The summed E-state index contributed by atoms with van der Waals surface area (Å²) in [5.74, 6) is -1.65. The van der Waals surface area contributed by atoms with Crippen LogP contribution in [0.1, 0.15) is 32.6 Å². The van der Waals surface area contributed by atoms with Crippen molar-refractivity contribution in [2.24, 2.45) is 17.8 Å². The number of aliphatic hydroxyl groups is 1. The van der Waals surface area contributed by atoms with Crippen LogP contribution in [0.3, 0.4) is 0 Å². The minimum Gasteiger partial charge on any atom is -0.481 e. The third-order valence-electron chi connectivity index (χ3n) is 4.38. The Labute approximate surface area is 107 Å². The van der Waals surface area contributed by atoms with Gasteiger partial charge in [-0.25, -0.2) is 0 Å². The van der Waals surface area contributed by atoms with Gasteiger partial charge in [0, 0.05) is 13.1 Å². The molecule has 5 heteroatoms. The smallest absolute Gasteiger partial charge is 0.307 e. The number of carbonyl (C=O) groups excluding carboxylic acids is 1. The first-order chi connectivity index (χ1) is 8.50. The SMILES string of the molecule is CC1CCN(C(=O)[C@@H]2CCC[C@@H]2C(=O)O)CC1O. The number of amides is 1. The number of nitrogens with zero attached hydrogens (tertiary/aromatic N) is 1. The molecule has 1 saturated heterocycles. The van der Waals surface area contributed by atoms with Gasteiger partial charge in [0.2, 0.25) is 5.91 Å². The van der Waals surface area contributed by atoms with Gasteiger partial charge < -0.3 is 15.1 Å². The van der Waals surface area contributed by atoms with E-state index in [-0.39, 0.29) is 17.7 Å². The zero-order chi connectivity index (χ0) is 13.3. The quantitative estimate of drug-likeness (QED) is 0.762. The minimum absolute atomic E-state index is 0.0779. The molecule has 5 nitrogen and oxygen atoms in total. The molecule has 2 fully saturated rings. The molecule has 0 aromatic heterocycles. The number of rotatable bonds is 2. The fraction of sp³-hybridized carbons (Fsp3) is 0.846.